The fraction of sp³-hybridized carbons (Fsp3) is 0.733. The molecule has 1 atom stereocenters. The van der Waals surface area contributed by atoms with Crippen LogP contribution in [-0.2, 0) is 6.54 Å². The lowest BCUT2D eigenvalue weighted by molar-refractivity contribution is 0.445. The van der Waals surface area contributed by atoms with Gasteiger partial charge in [-0.2, -0.15) is 5.10 Å². The molecule has 112 valence electrons. The van der Waals surface area contributed by atoms with Gasteiger partial charge in [-0.15, -0.1) is 0 Å². The van der Waals surface area contributed by atoms with Crippen molar-refractivity contribution in [3.05, 3.63) is 22.6 Å². The minimum absolute atomic E-state index is 0.0113. The first-order valence-electron chi connectivity index (χ1n) is 7.73. The van der Waals surface area contributed by atoms with E-state index in [0.717, 1.165) is 38.3 Å². The summed E-state index contributed by atoms with van der Waals surface area (Å²) < 4.78 is 1.56. The highest BCUT2D eigenvalue weighted by atomic mass is 16.1. The second-order valence-corrected chi connectivity index (χ2v) is 5.68. The van der Waals surface area contributed by atoms with Gasteiger partial charge in [0, 0.05) is 25.7 Å². The fourth-order valence-corrected chi connectivity index (χ4v) is 2.72. The first kappa shape index (κ1) is 15.0. The maximum absolute atomic E-state index is 12.1. The summed E-state index contributed by atoms with van der Waals surface area (Å²) in [5.74, 6) is 0.700. The third-order valence-electron chi connectivity index (χ3n) is 3.85. The van der Waals surface area contributed by atoms with Gasteiger partial charge in [0.05, 0.1) is 11.9 Å². The second kappa shape index (κ2) is 7.43. The Morgan fingerprint density at radius 3 is 3.05 bits per heavy atom. The van der Waals surface area contributed by atoms with Gasteiger partial charge >= 0.3 is 0 Å². The molecule has 0 saturated carbocycles. The fourth-order valence-electron chi connectivity index (χ4n) is 2.72. The van der Waals surface area contributed by atoms with E-state index in [1.54, 1.807) is 10.7 Å². The standard InChI is InChI=1S/C15H26N4O/c1-3-16-7-5-9-19-15(20)10-14(11-17-19)18-8-4-6-13(2)12-18/h10-11,13,16H,3-9,12H2,1-2H3. The molecule has 0 bridgehead atoms. The second-order valence-electron chi connectivity index (χ2n) is 5.68. The van der Waals surface area contributed by atoms with Gasteiger partial charge in [0.15, 0.2) is 0 Å². The summed E-state index contributed by atoms with van der Waals surface area (Å²) in [5, 5.41) is 7.57. The molecule has 1 aromatic heterocycles. The lowest BCUT2D eigenvalue weighted by atomic mass is 10.00. The molecule has 5 nitrogen and oxygen atoms in total. The number of anilines is 1. The molecule has 1 aliphatic heterocycles. The van der Waals surface area contributed by atoms with Gasteiger partial charge < -0.3 is 10.2 Å². The largest absolute Gasteiger partial charge is 0.370 e. The molecule has 0 radical (unpaired) electrons. The minimum Gasteiger partial charge on any atom is -0.370 e. The normalized spacial score (nSPS) is 19.3. The average Bonchev–Trinajstić information content (AvgIpc) is 2.45. The van der Waals surface area contributed by atoms with E-state index >= 15 is 0 Å². The summed E-state index contributed by atoms with van der Waals surface area (Å²) in [5.41, 5.74) is 0.988. The SMILES string of the molecule is CCNCCCn1ncc(N2CCCC(C)C2)cc1=O. The zero-order chi connectivity index (χ0) is 14.4. The van der Waals surface area contributed by atoms with E-state index in [-0.39, 0.29) is 5.56 Å². The predicted molar refractivity (Wildman–Crippen MR) is 82.3 cm³/mol. The smallest absolute Gasteiger partial charge is 0.268 e. The van der Waals surface area contributed by atoms with E-state index in [1.807, 2.05) is 6.20 Å². The summed E-state index contributed by atoms with van der Waals surface area (Å²) in [6.07, 6.45) is 5.26. The van der Waals surface area contributed by atoms with E-state index in [1.165, 1.54) is 12.8 Å². The van der Waals surface area contributed by atoms with Crippen molar-refractivity contribution in [3.8, 4) is 0 Å². The molecular weight excluding hydrogens is 252 g/mol. The highest BCUT2D eigenvalue weighted by Gasteiger charge is 2.17. The first-order chi connectivity index (χ1) is 9.70. The van der Waals surface area contributed by atoms with Crippen molar-refractivity contribution < 1.29 is 0 Å². The summed E-state index contributed by atoms with van der Waals surface area (Å²) in [7, 11) is 0. The number of nitrogens with zero attached hydrogens (tertiary/aromatic N) is 3. The average molecular weight is 278 g/mol. The Bertz CT molecular complexity index is 471. The van der Waals surface area contributed by atoms with Crippen molar-refractivity contribution in [2.24, 2.45) is 5.92 Å². The zero-order valence-corrected chi connectivity index (χ0v) is 12.6. The number of nitrogens with one attached hydrogen (secondary N) is 1. The van der Waals surface area contributed by atoms with Gasteiger partial charge in [-0.05, 0) is 38.3 Å². The Kier molecular flexibility index (Phi) is 5.59. The molecule has 1 aromatic rings. The molecule has 0 spiro atoms. The van der Waals surface area contributed by atoms with Crippen molar-refractivity contribution in [3.63, 3.8) is 0 Å². The number of aryl methyl sites for hydroxylation is 1. The van der Waals surface area contributed by atoms with Crippen LogP contribution in [0.15, 0.2) is 17.1 Å². The lowest BCUT2D eigenvalue weighted by Gasteiger charge is -2.32. The van der Waals surface area contributed by atoms with Crippen molar-refractivity contribution in [2.45, 2.75) is 39.7 Å². The van der Waals surface area contributed by atoms with Gasteiger partial charge in [-0.1, -0.05) is 13.8 Å². The Balaban J connectivity index is 1.96. The molecule has 1 N–H and O–H groups in total. The monoisotopic (exact) mass is 278 g/mol. The van der Waals surface area contributed by atoms with Crippen LogP contribution in [0.5, 0.6) is 0 Å². The van der Waals surface area contributed by atoms with Gasteiger partial charge in [-0.25, -0.2) is 4.68 Å². The molecule has 0 aliphatic carbocycles. The summed E-state index contributed by atoms with van der Waals surface area (Å²) >= 11 is 0. The molecule has 0 amide bonds. The first-order valence-corrected chi connectivity index (χ1v) is 7.73. The van der Waals surface area contributed by atoms with Crippen LogP contribution in [0.3, 0.4) is 0 Å². The summed E-state index contributed by atoms with van der Waals surface area (Å²) in [6.45, 7) is 8.99. The zero-order valence-electron chi connectivity index (χ0n) is 12.6. The van der Waals surface area contributed by atoms with E-state index in [4.69, 9.17) is 0 Å². The van der Waals surface area contributed by atoms with Gasteiger partial charge in [0.25, 0.3) is 5.56 Å². The molecule has 1 saturated heterocycles. The van der Waals surface area contributed by atoms with Gasteiger partial charge in [0.2, 0.25) is 0 Å². The molecule has 1 unspecified atom stereocenters. The molecule has 1 fully saturated rings. The minimum atomic E-state index is 0.0113. The summed E-state index contributed by atoms with van der Waals surface area (Å²) in [4.78, 5) is 14.4. The topological polar surface area (TPSA) is 50.2 Å². The van der Waals surface area contributed by atoms with Crippen LogP contribution in [0.25, 0.3) is 0 Å². The maximum atomic E-state index is 12.1. The van der Waals surface area contributed by atoms with E-state index in [9.17, 15) is 4.79 Å². The van der Waals surface area contributed by atoms with Crippen LogP contribution >= 0.6 is 0 Å². The third kappa shape index (κ3) is 4.07. The number of aromatic nitrogens is 2. The third-order valence-corrected chi connectivity index (χ3v) is 3.85. The summed E-state index contributed by atoms with van der Waals surface area (Å²) in [6, 6.07) is 1.73. The van der Waals surface area contributed by atoms with Crippen LogP contribution in [0.4, 0.5) is 5.69 Å². The maximum Gasteiger partial charge on any atom is 0.268 e. The number of hydrogen-bond acceptors (Lipinski definition) is 4. The Labute approximate surface area is 121 Å². The number of piperidine rings is 1. The molecule has 5 heteroatoms. The Morgan fingerprint density at radius 1 is 1.50 bits per heavy atom. The van der Waals surface area contributed by atoms with E-state index < -0.39 is 0 Å². The molecule has 2 heterocycles. The Hall–Kier alpha value is -1.36. The van der Waals surface area contributed by atoms with Crippen molar-refractivity contribution in [1.82, 2.24) is 15.1 Å². The predicted octanol–water partition coefficient (Wildman–Crippen LogP) is 1.48. The number of hydrogen-bond donors (Lipinski definition) is 1. The van der Waals surface area contributed by atoms with Crippen molar-refractivity contribution in [2.75, 3.05) is 31.1 Å². The van der Waals surface area contributed by atoms with Crippen molar-refractivity contribution >= 4 is 5.69 Å². The van der Waals surface area contributed by atoms with Crippen LogP contribution in [0.2, 0.25) is 0 Å². The molecular formula is C15H26N4O. The quantitative estimate of drug-likeness (QED) is 0.801. The number of rotatable bonds is 6. The van der Waals surface area contributed by atoms with E-state index in [2.05, 4.69) is 29.2 Å². The van der Waals surface area contributed by atoms with Crippen LogP contribution in [-0.4, -0.2) is 36.0 Å². The lowest BCUT2D eigenvalue weighted by Crippen LogP contribution is -2.35. The van der Waals surface area contributed by atoms with Crippen LogP contribution in [0, 0.1) is 5.92 Å². The van der Waals surface area contributed by atoms with Crippen molar-refractivity contribution in [1.29, 1.82) is 0 Å². The van der Waals surface area contributed by atoms with Gasteiger partial charge in [0.1, 0.15) is 0 Å². The molecule has 0 aromatic carbocycles. The highest BCUT2D eigenvalue weighted by molar-refractivity contribution is 5.43. The highest BCUT2D eigenvalue weighted by Crippen LogP contribution is 2.20. The van der Waals surface area contributed by atoms with E-state index in [0.29, 0.717) is 12.5 Å². The molecule has 20 heavy (non-hydrogen) atoms. The van der Waals surface area contributed by atoms with Gasteiger partial charge in [-0.3, -0.25) is 4.79 Å². The molecule has 2 rings (SSSR count). The Morgan fingerprint density at radius 2 is 2.35 bits per heavy atom. The molecule has 1 aliphatic rings. The van der Waals surface area contributed by atoms with Crippen LogP contribution < -0.4 is 15.8 Å². The van der Waals surface area contributed by atoms with Crippen LogP contribution in [0.1, 0.15) is 33.1 Å².